The average molecular weight is 294 g/mol. The van der Waals surface area contributed by atoms with Gasteiger partial charge in [-0.2, -0.15) is 5.10 Å². The minimum Gasteiger partial charge on any atom is -0.461 e. The molecule has 0 radical (unpaired) electrons. The second-order valence-electron chi connectivity index (χ2n) is 6.09. The zero-order valence-corrected chi connectivity index (χ0v) is 12.7. The van der Waals surface area contributed by atoms with Gasteiger partial charge in [-0.3, -0.25) is 14.8 Å². The number of hydrogen-bond acceptors (Lipinski definition) is 6. The molecule has 1 aromatic rings. The number of carbonyl (C=O) groups is 1. The van der Waals surface area contributed by atoms with Gasteiger partial charge in [0.2, 0.25) is 0 Å². The summed E-state index contributed by atoms with van der Waals surface area (Å²) in [5, 5.41) is 7.17. The monoisotopic (exact) mass is 294 g/mol. The number of nitrogens with zero attached hydrogens (tertiary/aromatic N) is 3. The van der Waals surface area contributed by atoms with Crippen LogP contribution in [0.15, 0.2) is 0 Å². The van der Waals surface area contributed by atoms with E-state index in [0.717, 1.165) is 24.6 Å². The van der Waals surface area contributed by atoms with Crippen molar-refractivity contribution in [1.29, 1.82) is 0 Å². The third-order valence-electron chi connectivity index (χ3n) is 4.02. The van der Waals surface area contributed by atoms with Crippen LogP contribution >= 0.6 is 0 Å². The molecule has 3 heterocycles. The largest absolute Gasteiger partial charge is 0.461 e. The summed E-state index contributed by atoms with van der Waals surface area (Å²) in [7, 11) is 0. The Morgan fingerprint density at radius 3 is 2.86 bits per heavy atom. The molecule has 0 spiro atoms. The first-order valence-electron chi connectivity index (χ1n) is 7.53. The normalized spacial score (nSPS) is 30.9. The lowest BCUT2D eigenvalue weighted by Gasteiger charge is -2.34. The predicted molar refractivity (Wildman–Crippen MR) is 74.7 cm³/mol. The van der Waals surface area contributed by atoms with Crippen molar-refractivity contribution in [3.05, 3.63) is 11.6 Å². The van der Waals surface area contributed by atoms with Gasteiger partial charge in [0.25, 0.3) is 0 Å². The van der Waals surface area contributed by atoms with E-state index in [9.17, 15) is 4.79 Å². The Morgan fingerprint density at radius 1 is 1.43 bits per heavy atom. The molecule has 7 nitrogen and oxygen atoms in total. The van der Waals surface area contributed by atoms with Crippen LogP contribution in [0, 0.1) is 0 Å². The van der Waals surface area contributed by atoms with Crippen molar-refractivity contribution in [2.45, 2.75) is 51.4 Å². The molecular weight excluding hydrogens is 272 g/mol. The van der Waals surface area contributed by atoms with Crippen LogP contribution < -0.4 is 0 Å². The fourth-order valence-electron chi connectivity index (χ4n) is 2.84. The van der Waals surface area contributed by atoms with Crippen LogP contribution in [0.5, 0.6) is 0 Å². The molecule has 0 amide bonds. The molecule has 2 saturated heterocycles. The number of ether oxygens (including phenoxy) is 2. The molecule has 1 aromatic heterocycles. The molecule has 0 bridgehead atoms. The second kappa shape index (κ2) is 5.73. The SMILES string of the molecule is CC(C)c1n[nH]c([C@@H]2CN([C@@H]3C[C@@H](C)OC3=O)CCO2)n1. The van der Waals surface area contributed by atoms with Gasteiger partial charge < -0.3 is 9.47 Å². The third kappa shape index (κ3) is 2.94. The molecule has 0 aromatic carbocycles. The third-order valence-corrected chi connectivity index (χ3v) is 4.02. The number of carbonyl (C=O) groups excluding carboxylic acids is 1. The fraction of sp³-hybridized carbons (Fsp3) is 0.786. The highest BCUT2D eigenvalue weighted by Gasteiger charge is 2.39. The van der Waals surface area contributed by atoms with Gasteiger partial charge in [0, 0.05) is 25.4 Å². The van der Waals surface area contributed by atoms with Gasteiger partial charge in [-0.1, -0.05) is 13.8 Å². The second-order valence-corrected chi connectivity index (χ2v) is 6.09. The number of aromatic nitrogens is 3. The maximum Gasteiger partial charge on any atom is 0.323 e. The molecule has 0 unspecified atom stereocenters. The van der Waals surface area contributed by atoms with Crippen LogP contribution in [-0.2, 0) is 14.3 Å². The number of aromatic amines is 1. The first-order chi connectivity index (χ1) is 10.0. The Hall–Kier alpha value is -1.47. The van der Waals surface area contributed by atoms with E-state index in [1.54, 1.807) is 0 Å². The van der Waals surface area contributed by atoms with E-state index in [1.165, 1.54) is 0 Å². The van der Waals surface area contributed by atoms with E-state index in [0.29, 0.717) is 13.2 Å². The van der Waals surface area contributed by atoms with Crippen LogP contribution in [0.3, 0.4) is 0 Å². The molecule has 0 aliphatic carbocycles. The number of hydrogen-bond donors (Lipinski definition) is 1. The molecule has 3 rings (SSSR count). The van der Waals surface area contributed by atoms with Gasteiger partial charge in [-0.25, -0.2) is 4.98 Å². The maximum absolute atomic E-state index is 11.9. The summed E-state index contributed by atoms with van der Waals surface area (Å²) in [6.07, 6.45) is 0.586. The summed E-state index contributed by atoms with van der Waals surface area (Å²) < 4.78 is 11.0. The number of nitrogens with one attached hydrogen (secondary N) is 1. The van der Waals surface area contributed by atoms with Crippen LogP contribution in [0.1, 0.15) is 50.9 Å². The Balaban J connectivity index is 1.69. The van der Waals surface area contributed by atoms with Crippen LogP contribution in [-0.4, -0.2) is 57.9 Å². The lowest BCUT2D eigenvalue weighted by atomic mass is 10.1. The van der Waals surface area contributed by atoms with Crippen molar-refractivity contribution < 1.29 is 14.3 Å². The van der Waals surface area contributed by atoms with Crippen LogP contribution in [0.25, 0.3) is 0 Å². The number of esters is 1. The van der Waals surface area contributed by atoms with E-state index in [2.05, 4.69) is 33.9 Å². The van der Waals surface area contributed by atoms with Gasteiger partial charge in [0.15, 0.2) is 11.6 Å². The van der Waals surface area contributed by atoms with Crippen molar-refractivity contribution in [2.24, 2.45) is 0 Å². The molecule has 2 aliphatic rings. The van der Waals surface area contributed by atoms with Gasteiger partial charge in [-0.05, 0) is 6.92 Å². The van der Waals surface area contributed by atoms with Gasteiger partial charge in [0.1, 0.15) is 18.2 Å². The molecule has 1 N–H and O–H groups in total. The van der Waals surface area contributed by atoms with E-state index < -0.39 is 0 Å². The summed E-state index contributed by atoms with van der Waals surface area (Å²) in [4.78, 5) is 18.5. The fourth-order valence-corrected chi connectivity index (χ4v) is 2.84. The van der Waals surface area contributed by atoms with E-state index >= 15 is 0 Å². The van der Waals surface area contributed by atoms with Crippen molar-refractivity contribution >= 4 is 5.97 Å². The Morgan fingerprint density at radius 2 is 2.24 bits per heavy atom. The van der Waals surface area contributed by atoms with Crippen LogP contribution in [0.2, 0.25) is 0 Å². The standard InChI is InChI=1S/C14H22N4O3/c1-8(2)12-15-13(17-16-12)11-7-18(4-5-20-11)10-6-9(3)21-14(10)19/h8-11H,4-7H2,1-3H3,(H,15,16,17)/t9-,10-,11+/m1/s1. The van der Waals surface area contributed by atoms with Crippen molar-refractivity contribution in [3.63, 3.8) is 0 Å². The van der Waals surface area contributed by atoms with E-state index in [-0.39, 0.29) is 30.1 Å². The lowest BCUT2D eigenvalue weighted by Crippen LogP contribution is -2.46. The number of cyclic esters (lactones) is 1. The van der Waals surface area contributed by atoms with Gasteiger partial charge in [-0.15, -0.1) is 0 Å². The summed E-state index contributed by atoms with van der Waals surface area (Å²) in [5.41, 5.74) is 0. The highest BCUT2D eigenvalue weighted by Crippen LogP contribution is 2.26. The number of morpholine rings is 1. The highest BCUT2D eigenvalue weighted by molar-refractivity contribution is 5.78. The molecule has 116 valence electrons. The number of H-pyrrole nitrogens is 1. The average Bonchev–Trinajstić information content (AvgIpc) is 3.06. The summed E-state index contributed by atoms with van der Waals surface area (Å²) in [6, 6.07) is -0.154. The summed E-state index contributed by atoms with van der Waals surface area (Å²) >= 11 is 0. The quantitative estimate of drug-likeness (QED) is 0.838. The predicted octanol–water partition coefficient (Wildman–Crippen LogP) is 1.01. The Bertz CT molecular complexity index is 516. The van der Waals surface area contributed by atoms with E-state index in [1.807, 2.05) is 6.92 Å². The topological polar surface area (TPSA) is 80.3 Å². The number of rotatable bonds is 3. The van der Waals surface area contributed by atoms with Crippen molar-refractivity contribution in [2.75, 3.05) is 19.7 Å². The van der Waals surface area contributed by atoms with Gasteiger partial charge in [0.05, 0.1) is 6.61 Å². The van der Waals surface area contributed by atoms with Gasteiger partial charge >= 0.3 is 5.97 Å². The smallest absolute Gasteiger partial charge is 0.323 e. The molecular formula is C14H22N4O3. The first-order valence-corrected chi connectivity index (χ1v) is 7.53. The van der Waals surface area contributed by atoms with Crippen LogP contribution in [0.4, 0.5) is 0 Å². The Labute approximate surface area is 124 Å². The zero-order chi connectivity index (χ0) is 15.0. The minimum atomic E-state index is -0.164. The first kappa shape index (κ1) is 14.5. The molecule has 2 fully saturated rings. The molecule has 3 atom stereocenters. The van der Waals surface area contributed by atoms with Crippen molar-refractivity contribution in [1.82, 2.24) is 20.1 Å². The summed E-state index contributed by atoms with van der Waals surface area (Å²) in [6.45, 7) is 8.00. The molecule has 21 heavy (non-hydrogen) atoms. The highest BCUT2D eigenvalue weighted by atomic mass is 16.6. The zero-order valence-electron chi connectivity index (χ0n) is 12.7. The minimum absolute atomic E-state index is 0.00150. The Kier molecular flexibility index (Phi) is 3.95. The molecule has 0 saturated carbocycles. The molecule has 7 heteroatoms. The summed E-state index contributed by atoms with van der Waals surface area (Å²) in [5.74, 6) is 1.69. The van der Waals surface area contributed by atoms with Crippen molar-refractivity contribution in [3.8, 4) is 0 Å². The maximum atomic E-state index is 11.9. The lowest BCUT2D eigenvalue weighted by molar-refractivity contribution is -0.147. The van der Waals surface area contributed by atoms with E-state index in [4.69, 9.17) is 9.47 Å². The molecule has 2 aliphatic heterocycles.